The fraction of sp³-hybridized carbons (Fsp3) is 0.385. The van der Waals surface area contributed by atoms with Crippen LogP contribution in [0.3, 0.4) is 0 Å². The van der Waals surface area contributed by atoms with E-state index in [1.807, 2.05) is 0 Å². The molecule has 2 aromatic rings. The third-order valence-electron chi connectivity index (χ3n) is 2.39. The van der Waals surface area contributed by atoms with Crippen LogP contribution in [0.5, 0.6) is 11.5 Å². The quantitative estimate of drug-likeness (QED) is 0.682. The molecule has 0 fully saturated rings. The van der Waals surface area contributed by atoms with Gasteiger partial charge in [-0.3, -0.25) is 14.7 Å². The average molecular weight is 266 g/mol. The van der Waals surface area contributed by atoms with Crippen LogP contribution in [0.25, 0.3) is 10.8 Å². The Bertz CT molecular complexity index is 685. The molecule has 104 valence electrons. The Balaban J connectivity index is 0.000000550. The maximum Gasteiger partial charge on any atom is 0.273 e. The number of aromatic hydroxyl groups is 2. The van der Waals surface area contributed by atoms with Crippen LogP contribution in [-0.4, -0.2) is 20.0 Å². The van der Waals surface area contributed by atoms with Gasteiger partial charge in [-0.05, 0) is 19.1 Å². The van der Waals surface area contributed by atoms with Gasteiger partial charge in [-0.25, -0.2) is 4.68 Å². The van der Waals surface area contributed by atoms with Crippen LogP contribution in [0.15, 0.2) is 21.7 Å². The van der Waals surface area contributed by atoms with Crippen molar-refractivity contribution in [1.82, 2.24) is 9.78 Å². The van der Waals surface area contributed by atoms with Gasteiger partial charge in [0, 0.05) is 6.54 Å². The summed E-state index contributed by atoms with van der Waals surface area (Å²) in [5.41, 5.74) is -0.890. The minimum atomic E-state index is -0.480. The van der Waals surface area contributed by atoms with Gasteiger partial charge < -0.3 is 10.2 Å². The Morgan fingerprint density at radius 2 is 1.53 bits per heavy atom. The highest BCUT2D eigenvalue weighted by Gasteiger charge is 2.10. The van der Waals surface area contributed by atoms with Crippen LogP contribution in [0.4, 0.5) is 0 Å². The molecule has 2 rings (SSSR count). The predicted octanol–water partition coefficient (Wildman–Crippen LogP) is 1.54. The summed E-state index contributed by atoms with van der Waals surface area (Å²) in [5.74, 6) is -0.843. The average Bonchev–Trinajstić information content (AvgIpc) is 2.37. The Labute approximate surface area is 109 Å². The lowest BCUT2D eigenvalue weighted by Gasteiger charge is -2.05. The molecule has 6 nitrogen and oxygen atoms in total. The smallest absolute Gasteiger partial charge is 0.273 e. The number of phenols is 2. The van der Waals surface area contributed by atoms with Crippen molar-refractivity contribution in [2.24, 2.45) is 0 Å². The summed E-state index contributed by atoms with van der Waals surface area (Å²) in [6, 6.07) is 2.17. The molecule has 1 heterocycles. The molecular weight excluding hydrogens is 248 g/mol. The highest BCUT2D eigenvalue weighted by Crippen LogP contribution is 2.26. The first kappa shape index (κ1) is 14.8. The van der Waals surface area contributed by atoms with E-state index in [1.165, 1.54) is 6.42 Å². The number of H-pyrrole nitrogens is 1. The van der Waals surface area contributed by atoms with E-state index >= 15 is 0 Å². The third kappa shape index (κ3) is 2.96. The summed E-state index contributed by atoms with van der Waals surface area (Å²) >= 11 is 0. The molecule has 1 aromatic carbocycles. The monoisotopic (exact) mass is 266 g/mol. The number of nitrogens with one attached hydrogen (secondary N) is 1. The number of aryl methyl sites for hydroxylation is 1. The van der Waals surface area contributed by atoms with Gasteiger partial charge in [-0.15, -0.1) is 0 Å². The predicted molar refractivity (Wildman–Crippen MR) is 73.8 cm³/mol. The van der Waals surface area contributed by atoms with Gasteiger partial charge in [0.2, 0.25) is 0 Å². The summed E-state index contributed by atoms with van der Waals surface area (Å²) in [6.45, 7) is 6.29. The molecule has 3 N–H and O–H groups in total. The first-order valence-corrected chi connectivity index (χ1v) is 6.14. The maximum absolute atomic E-state index is 11.8. The minimum absolute atomic E-state index is 0.0602. The fourth-order valence-corrected chi connectivity index (χ4v) is 1.54. The molecule has 0 bridgehead atoms. The lowest BCUT2D eigenvalue weighted by molar-refractivity contribution is 0.404. The van der Waals surface area contributed by atoms with Crippen molar-refractivity contribution in [2.75, 3.05) is 0 Å². The number of aromatic amines is 1. The molecule has 0 aliphatic carbocycles. The van der Waals surface area contributed by atoms with Crippen LogP contribution >= 0.6 is 0 Å². The van der Waals surface area contributed by atoms with Crippen molar-refractivity contribution in [3.63, 3.8) is 0 Å². The Hall–Kier alpha value is -2.24. The van der Waals surface area contributed by atoms with E-state index in [-0.39, 0.29) is 10.8 Å². The van der Waals surface area contributed by atoms with E-state index in [0.717, 1.165) is 16.8 Å². The van der Waals surface area contributed by atoms with E-state index in [2.05, 4.69) is 18.9 Å². The van der Waals surface area contributed by atoms with E-state index in [4.69, 9.17) is 0 Å². The number of nitrogens with zero attached hydrogens (tertiary/aromatic N) is 1. The molecule has 0 radical (unpaired) electrons. The van der Waals surface area contributed by atoms with Gasteiger partial charge in [0.1, 0.15) is 0 Å². The van der Waals surface area contributed by atoms with Gasteiger partial charge in [-0.2, -0.15) is 0 Å². The molecule has 0 unspecified atom stereocenters. The number of fused-ring (bicyclic) bond motifs is 1. The zero-order chi connectivity index (χ0) is 14.6. The van der Waals surface area contributed by atoms with E-state index in [9.17, 15) is 19.8 Å². The van der Waals surface area contributed by atoms with Crippen molar-refractivity contribution in [1.29, 1.82) is 0 Å². The zero-order valence-corrected chi connectivity index (χ0v) is 11.2. The van der Waals surface area contributed by atoms with Gasteiger partial charge in [0.15, 0.2) is 11.5 Å². The van der Waals surface area contributed by atoms with Crippen LogP contribution in [0.2, 0.25) is 0 Å². The van der Waals surface area contributed by atoms with E-state index in [1.54, 1.807) is 6.92 Å². The molecule has 19 heavy (non-hydrogen) atoms. The Kier molecular flexibility index (Phi) is 4.74. The van der Waals surface area contributed by atoms with Gasteiger partial charge in [0.25, 0.3) is 11.1 Å². The molecule has 0 atom stereocenters. The van der Waals surface area contributed by atoms with Crippen molar-refractivity contribution in [2.45, 2.75) is 33.7 Å². The van der Waals surface area contributed by atoms with Crippen molar-refractivity contribution < 1.29 is 10.2 Å². The largest absolute Gasteiger partial charge is 0.504 e. The second kappa shape index (κ2) is 6.08. The molecule has 1 aromatic heterocycles. The summed E-state index contributed by atoms with van der Waals surface area (Å²) in [5, 5.41) is 21.0. The molecule has 0 aliphatic heterocycles. The SMILES string of the molecule is CCC.CCn1[nH]c(=O)c2cc(O)c(O)cc2c1=O. The highest BCUT2D eigenvalue weighted by molar-refractivity contribution is 5.84. The number of phenolic OH excluding ortho intramolecular Hbond substituents is 2. The highest BCUT2D eigenvalue weighted by atomic mass is 16.3. The normalized spacial score (nSPS) is 10.1. The second-order valence-electron chi connectivity index (χ2n) is 4.08. The number of aromatic nitrogens is 2. The summed E-state index contributed by atoms with van der Waals surface area (Å²) in [6.07, 6.45) is 1.25. The maximum atomic E-state index is 11.8. The summed E-state index contributed by atoms with van der Waals surface area (Å²) in [4.78, 5) is 23.3. The topological polar surface area (TPSA) is 95.3 Å². The van der Waals surface area contributed by atoms with Crippen LogP contribution in [-0.2, 0) is 6.54 Å². The number of rotatable bonds is 1. The van der Waals surface area contributed by atoms with Crippen LogP contribution in [0.1, 0.15) is 27.2 Å². The standard InChI is InChI=1S/C10H10N2O4.C3H8/c1-2-12-10(16)6-4-8(14)7(13)3-5(6)9(15)11-12;1-3-2/h3-4,13-14H,2H2,1H3,(H,11,15);3H2,1-2H3. The first-order valence-electron chi connectivity index (χ1n) is 6.14. The minimum Gasteiger partial charge on any atom is -0.504 e. The molecule has 0 saturated heterocycles. The lowest BCUT2D eigenvalue weighted by Crippen LogP contribution is -2.29. The number of hydrogen-bond acceptors (Lipinski definition) is 4. The summed E-state index contributed by atoms with van der Waals surface area (Å²) in [7, 11) is 0. The number of benzene rings is 1. The van der Waals surface area contributed by atoms with E-state index < -0.39 is 22.6 Å². The van der Waals surface area contributed by atoms with Crippen molar-refractivity contribution >= 4 is 10.8 Å². The Morgan fingerprint density at radius 1 is 1.05 bits per heavy atom. The van der Waals surface area contributed by atoms with Gasteiger partial charge in [0.05, 0.1) is 10.8 Å². The molecule has 0 aliphatic rings. The van der Waals surface area contributed by atoms with E-state index in [0.29, 0.717) is 6.54 Å². The molecule has 0 amide bonds. The van der Waals surface area contributed by atoms with Crippen LogP contribution < -0.4 is 11.1 Å². The molecular formula is C13H18N2O4. The molecule has 0 saturated carbocycles. The lowest BCUT2D eigenvalue weighted by atomic mass is 10.2. The first-order chi connectivity index (χ1) is 8.96. The Morgan fingerprint density at radius 3 is 2.00 bits per heavy atom. The third-order valence-corrected chi connectivity index (χ3v) is 2.39. The summed E-state index contributed by atoms with van der Waals surface area (Å²) < 4.78 is 1.14. The number of hydrogen-bond donors (Lipinski definition) is 3. The van der Waals surface area contributed by atoms with Crippen molar-refractivity contribution in [3.05, 3.63) is 32.8 Å². The van der Waals surface area contributed by atoms with Crippen molar-refractivity contribution in [3.8, 4) is 11.5 Å². The van der Waals surface area contributed by atoms with Gasteiger partial charge >= 0.3 is 0 Å². The molecule has 0 spiro atoms. The second-order valence-corrected chi connectivity index (χ2v) is 4.08. The zero-order valence-electron chi connectivity index (χ0n) is 11.2. The van der Waals surface area contributed by atoms with Gasteiger partial charge in [-0.1, -0.05) is 20.3 Å². The fourth-order valence-electron chi connectivity index (χ4n) is 1.54. The molecule has 6 heteroatoms. The van der Waals surface area contributed by atoms with Crippen LogP contribution in [0, 0.1) is 0 Å².